The minimum absolute atomic E-state index is 0.136. The molecule has 0 aliphatic carbocycles. The van der Waals surface area contributed by atoms with Gasteiger partial charge in [0.05, 0.1) is 11.4 Å². The van der Waals surface area contributed by atoms with Crippen LogP contribution in [0.1, 0.15) is 15.9 Å². The van der Waals surface area contributed by atoms with Crippen molar-refractivity contribution in [2.75, 3.05) is 18.1 Å². The van der Waals surface area contributed by atoms with E-state index in [0.29, 0.717) is 16.9 Å². The Balaban J connectivity index is 1.70. The number of rotatable bonds is 5. The van der Waals surface area contributed by atoms with Crippen molar-refractivity contribution < 1.29 is 14.3 Å². The van der Waals surface area contributed by atoms with E-state index in [9.17, 15) is 9.59 Å². The van der Waals surface area contributed by atoms with Gasteiger partial charge in [-0.3, -0.25) is 4.79 Å². The highest BCUT2D eigenvalue weighted by Crippen LogP contribution is 2.30. The molecule has 0 atom stereocenters. The number of carbonyl (C=O) groups is 2. The van der Waals surface area contributed by atoms with Crippen molar-refractivity contribution in [2.24, 2.45) is 0 Å². The molecule has 0 fully saturated rings. The Morgan fingerprint density at radius 1 is 1.11 bits per heavy atom. The Hall–Kier alpha value is -3.32. The molecule has 138 valence electrons. The van der Waals surface area contributed by atoms with E-state index in [0.717, 1.165) is 16.0 Å². The molecule has 1 heterocycles. The molecule has 1 aromatic heterocycles. The van der Waals surface area contributed by atoms with Crippen LogP contribution in [0.5, 0.6) is 0 Å². The third-order valence-corrected chi connectivity index (χ3v) is 4.82. The lowest BCUT2D eigenvalue weighted by atomic mass is 10.1. The van der Waals surface area contributed by atoms with Crippen LogP contribution in [0.3, 0.4) is 0 Å². The lowest BCUT2D eigenvalue weighted by molar-refractivity contribution is 0.102. The van der Waals surface area contributed by atoms with E-state index in [1.807, 2.05) is 29.6 Å². The van der Waals surface area contributed by atoms with E-state index in [2.05, 4.69) is 10.6 Å². The van der Waals surface area contributed by atoms with E-state index in [1.165, 1.54) is 7.05 Å². The maximum absolute atomic E-state index is 12.5. The first-order valence-electron chi connectivity index (χ1n) is 8.25. The van der Waals surface area contributed by atoms with Crippen molar-refractivity contribution in [3.05, 3.63) is 71.1 Å². The van der Waals surface area contributed by atoms with Crippen LogP contribution >= 0.6 is 11.3 Å². The van der Waals surface area contributed by atoms with Crippen molar-refractivity contribution in [1.82, 2.24) is 5.32 Å². The first-order valence-corrected chi connectivity index (χ1v) is 9.13. The van der Waals surface area contributed by atoms with Gasteiger partial charge in [0.25, 0.3) is 5.91 Å². The monoisotopic (exact) mass is 381 g/mol. The number of carbonyl (C=O) groups excluding carboxylic acids is 2. The quantitative estimate of drug-likeness (QED) is 0.580. The molecule has 0 spiro atoms. The summed E-state index contributed by atoms with van der Waals surface area (Å²) in [4.78, 5) is 24.7. The molecule has 3 aromatic rings. The Morgan fingerprint density at radius 3 is 2.56 bits per heavy atom. The first kappa shape index (κ1) is 18.5. The summed E-state index contributed by atoms with van der Waals surface area (Å²) >= 11 is 1.62. The van der Waals surface area contributed by atoms with Gasteiger partial charge in [-0.2, -0.15) is 0 Å². The summed E-state index contributed by atoms with van der Waals surface area (Å²) in [6, 6.07) is 16.4. The van der Waals surface area contributed by atoms with Gasteiger partial charge in [-0.25, -0.2) is 4.79 Å². The standard InChI is InChI=1S/C20H19N3O3S/c1-22-20(25)26-12-13-4-6-14(7-5-13)19(24)23-17-11-15(8-9-16(17)21)18-3-2-10-27-18/h2-11H,12,21H2,1H3,(H,22,25)(H,23,24). The van der Waals surface area contributed by atoms with Gasteiger partial charge in [-0.05, 0) is 46.8 Å². The molecule has 4 N–H and O–H groups in total. The number of benzene rings is 2. The van der Waals surface area contributed by atoms with Crippen LogP contribution in [0.2, 0.25) is 0 Å². The fraction of sp³-hybridized carbons (Fsp3) is 0.100. The number of anilines is 2. The Bertz CT molecular complexity index is 938. The third-order valence-electron chi connectivity index (χ3n) is 3.90. The number of ether oxygens (including phenoxy) is 1. The molecule has 0 aliphatic heterocycles. The lowest BCUT2D eigenvalue weighted by Crippen LogP contribution is -2.18. The number of nitrogen functional groups attached to an aromatic ring is 1. The largest absolute Gasteiger partial charge is 0.445 e. The van der Waals surface area contributed by atoms with Crippen molar-refractivity contribution in [1.29, 1.82) is 0 Å². The maximum atomic E-state index is 12.5. The number of amides is 2. The van der Waals surface area contributed by atoms with Gasteiger partial charge in [0.2, 0.25) is 0 Å². The summed E-state index contributed by atoms with van der Waals surface area (Å²) < 4.78 is 4.97. The molecule has 0 saturated carbocycles. The smallest absolute Gasteiger partial charge is 0.407 e. The highest BCUT2D eigenvalue weighted by atomic mass is 32.1. The number of nitrogens with one attached hydrogen (secondary N) is 2. The van der Waals surface area contributed by atoms with Crippen LogP contribution < -0.4 is 16.4 Å². The van der Waals surface area contributed by atoms with E-state index < -0.39 is 6.09 Å². The Labute approximate surface area is 161 Å². The third kappa shape index (κ3) is 4.65. The minimum atomic E-state index is -0.502. The van der Waals surface area contributed by atoms with Gasteiger partial charge in [0.15, 0.2) is 0 Å². The van der Waals surface area contributed by atoms with E-state index in [4.69, 9.17) is 10.5 Å². The fourth-order valence-electron chi connectivity index (χ4n) is 2.43. The molecular weight excluding hydrogens is 362 g/mol. The number of thiophene rings is 1. The van der Waals surface area contributed by atoms with E-state index >= 15 is 0 Å². The molecule has 0 radical (unpaired) electrons. The normalized spacial score (nSPS) is 10.3. The van der Waals surface area contributed by atoms with Crippen LogP contribution in [-0.2, 0) is 11.3 Å². The van der Waals surface area contributed by atoms with Gasteiger partial charge in [-0.15, -0.1) is 11.3 Å². The second kappa shape index (κ2) is 8.37. The summed E-state index contributed by atoms with van der Waals surface area (Å²) in [5.41, 5.74) is 9.34. The molecule has 6 nitrogen and oxygen atoms in total. The van der Waals surface area contributed by atoms with Crippen molar-refractivity contribution >= 4 is 34.7 Å². The SMILES string of the molecule is CNC(=O)OCc1ccc(C(=O)Nc2cc(-c3cccs3)ccc2N)cc1. The number of alkyl carbamates (subject to hydrolysis) is 1. The minimum Gasteiger partial charge on any atom is -0.445 e. The zero-order chi connectivity index (χ0) is 19.2. The van der Waals surface area contributed by atoms with Crippen LogP contribution in [0, 0.1) is 0 Å². The number of hydrogen-bond donors (Lipinski definition) is 3. The average Bonchev–Trinajstić information content (AvgIpc) is 3.23. The number of hydrogen-bond acceptors (Lipinski definition) is 5. The lowest BCUT2D eigenvalue weighted by Gasteiger charge is -2.10. The van der Waals surface area contributed by atoms with Crippen molar-refractivity contribution in [3.8, 4) is 10.4 Å². The molecule has 2 amide bonds. The van der Waals surface area contributed by atoms with Crippen molar-refractivity contribution in [2.45, 2.75) is 6.61 Å². The predicted molar refractivity (Wildman–Crippen MR) is 108 cm³/mol. The van der Waals surface area contributed by atoms with Gasteiger partial charge >= 0.3 is 6.09 Å². The second-order valence-corrected chi connectivity index (χ2v) is 6.70. The molecule has 3 rings (SSSR count). The van der Waals surface area contributed by atoms with Crippen LogP contribution in [0.25, 0.3) is 10.4 Å². The number of nitrogens with two attached hydrogens (primary N) is 1. The van der Waals surface area contributed by atoms with Gasteiger partial charge < -0.3 is 21.1 Å². The predicted octanol–water partition coefficient (Wildman–Crippen LogP) is 4.11. The summed E-state index contributed by atoms with van der Waals surface area (Å²) in [5.74, 6) is -0.260. The Kier molecular flexibility index (Phi) is 5.73. The van der Waals surface area contributed by atoms with E-state index in [1.54, 1.807) is 41.7 Å². The highest BCUT2D eigenvalue weighted by molar-refractivity contribution is 7.13. The topological polar surface area (TPSA) is 93.4 Å². The van der Waals surface area contributed by atoms with Crippen LogP contribution in [-0.4, -0.2) is 19.0 Å². The van der Waals surface area contributed by atoms with Crippen LogP contribution in [0.4, 0.5) is 16.2 Å². The molecule has 2 aromatic carbocycles. The summed E-state index contributed by atoms with van der Waals surface area (Å²) in [7, 11) is 1.49. The zero-order valence-corrected chi connectivity index (χ0v) is 15.5. The average molecular weight is 381 g/mol. The van der Waals surface area contributed by atoms with Gasteiger partial charge in [0, 0.05) is 17.5 Å². The van der Waals surface area contributed by atoms with Gasteiger partial charge in [-0.1, -0.05) is 24.3 Å². The summed E-state index contributed by atoms with van der Waals surface area (Å²) in [6.07, 6.45) is -0.502. The molecule has 0 saturated heterocycles. The van der Waals surface area contributed by atoms with Crippen molar-refractivity contribution in [3.63, 3.8) is 0 Å². The van der Waals surface area contributed by atoms with Gasteiger partial charge in [0.1, 0.15) is 6.61 Å². The molecule has 27 heavy (non-hydrogen) atoms. The first-order chi connectivity index (χ1) is 13.1. The van der Waals surface area contributed by atoms with Crippen LogP contribution in [0.15, 0.2) is 60.0 Å². The zero-order valence-electron chi connectivity index (χ0n) is 14.7. The van der Waals surface area contributed by atoms with E-state index in [-0.39, 0.29) is 12.5 Å². The summed E-state index contributed by atoms with van der Waals surface area (Å²) in [5, 5.41) is 7.23. The Morgan fingerprint density at radius 2 is 1.89 bits per heavy atom. The molecule has 7 heteroatoms. The molecular formula is C20H19N3O3S. The fourth-order valence-corrected chi connectivity index (χ4v) is 3.15. The maximum Gasteiger partial charge on any atom is 0.407 e. The molecule has 0 unspecified atom stereocenters. The molecule has 0 aliphatic rings. The highest BCUT2D eigenvalue weighted by Gasteiger charge is 2.10. The summed E-state index contributed by atoms with van der Waals surface area (Å²) in [6.45, 7) is 0.136. The molecule has 0 bridgehead atoms. The second-order valence-electron chi connectivity index (χ2n) is 5.76.